The standard InChI is InChI=1S/C21H34N2O3/c1-8-23-15(5)17(14(4)18(23)20(25)26-9-2)19(24)22-16-10-13(3)11-21(6,7)12-16/h13,16H,8-12H2,1-7H3,(H,22,24)/t13-,16+/m1/s1. The topological polar surface area (TPSA) is 60.3 Å². The Labute approximate surface area is 157 Å². The highest BCUT2D eigenvalue weighted by Gasteiger charge is 2.34. The largest absolute Gasteiger partial charge is 0.461 e. The summed E-state index contributed by atoms with van der Waals surface area (Å²) in [5, 5.41) is 3.23. The highest BCUT2D eigenvalue weighted by Crippen LogP contribution is 2.38. The van der Waals surface area contributed by atoms with Crippen LogP contribution in [-0.4, -0.2) is 29.1 Å². The van der Waals surface area contributed by atoms with E-state index in [9.17, 15) is 9.59 Å². The lowest BCUT2D eigenvalue weighted by atomic mass is 9.70. The van der Waals surface area contributed by atoms with Crippen molar-refractivity contribution in [3.8, 4) is 0 Å². The number of carbonyl (C=O) groups is 2. The Hall–Kier alpha value is -1.78. The summed E-state index contributed by atoms with van der Waals surface area (Å²) < 4.78 is 7.08. The van der Waals surface area contributed by atoms with Crippen LogP contribution in [0.4, 0.5) is 0 Å². The molecular formula is C21H34N2O3. The SMILES string of the molecule is CCOC(=O)c1c(C)c(C(=O)N[C@H]2C[C@@H](C)CC(C)(C)C2)c(C)n1CC. The van der Waals surface area contributed by atoms with Crippen LogP contribution in [0.5, 0.6) is 0 Å². The van der Waals surface area contributed by atoms with E-state index in [0.717, 1.165) is 18.5 Å². The molecule has 1 heterocycles. The second-order valence-electron chi connectivity index (χ2n) is 8.48. The maximum absolute atomic E-state index is 13.1. The summed E-state index contributed by atoms with van der Waals surface area (Å²) in [6.07, 6.45) is 3.18. The summed E-state index contributed by atoms with van der Waals surface area (Å²) in [4.78, 5) is 25.4. The molecule has 1 aliphatic rings. The smallest absolute Gasteiger partial charge is 0.355 e. The van der Waals surface area contributed by atoms with Crippen molar-refractivity contribution in [3.63, 3.8) is 0 Å². The molecule has 0 spiro atoms. The Bertz CT molecular complexity index is 688. The van der Waals surface area contributed by atoms with E-state index >= 15 is 0 Å². The Kier molecular flexibility index (Phi) is 6.20. The molecule has 1 fully saturated rings. The highest BCUT2D eigenvalue weighted by atomic mass is 16.5. The molecule has 146 valence electrons. The van der Waals surface area contributed by atoms with Gasteiger partial charge in [-0.05, 0) is 63.9 Å². The van der Waals surface area contributed by atoms with Gasteiger partial charge < -0.3 is 14.6 Å². The first kappa shape index (κ1) is 20.5. The zero-order valence-electron chi connectivity index (χ0n) is 17.4. The molecule has 2 atom stereocenters. The first-order chi connectivity index (χ1) is 12.1. The van der Waals surface area contributed by atoms with Crippen molar-refractivity contribution >= 4 is 11.9 Å². The van der Waals surface area contributed by atoms with E-state index in [2.05, 4.69) is 26.1 Å². The van der Waals surface area contributed by atoms with E-state index in [1.165, 1.54) is 6.42 Å². The van der Waals surface area contributed by atoms with Gasteiger partial charge in [-0.3, -0.25) is 4.79 Å². The van der Waals surface area contributed by atoms with Crippen LogP contribution in [-0.2, 0) is 11.3 Å². The van der Waals surface area contributed by atoms with E-state index in [4.69, 9.17) is 4.74 Å². The molecule has 2 rings (SSSR count). The predicted octanol–water partition coefficient (Wildman–Crippen LogP) is 4.25. The Morgan fingerprint density at radius 3 is 2.42 bits per heavy atom. The lowest BCUT2D eigenvalue weighted by Gasteiger charge is -2.39. The Morgan fingerprint density at radius 2 is 1.88 bits per heavy atom. The van der Waals surface area contributed by atoms with Crippen LogP contribution >= 0.6 is 0 Å². The third kappa shape index (κ3) is 4.13. The molecule has 0 bridgehead atoms. The van der Waals surface area contributed by atoms with Crippen LogP contribution in [0.1, 0.15) is 86.0 Å². The van der Waals surface area contributed by atoms with Crippen LogP contribution in [0.3, 0.4) is 0 Å². The molecule has 0 unspecified atom stereocenters. The summed E-state index contributed by atoms with van der Waals surface area (Å²) in [5.41, 5.74) is 2.89. The molecule has 26 heavy (non-hydrogen) atoms. The summed E-state index contributed by atoms with van der Waals surface area (Å²) in [5.74, 6) is 0.163. The number of esters is 1. The lowest BCUT2D eigenvalue weighted by molar-refractivity contribution is 0.0512. The number of amides is 1. The quantitative estimate of drug-likeness (QED) is 0.797. The van der Waals surface area contributed by atoms with Crippen molar-refractivity contribution in [1.29, 1.82) is 0 Å². The van der Waals surface area contributed by atoms with Crippen molar-refractivity contribution in [2.75, 3.05) is 6.61 Å². The number of aromatic nitrogens is 1. The fourth-order valence-corrected chi connectivity index (χ4v) is 4.80. The number of hydrogen-bond donors (Lipinski definition) is 1. The van der Waals surface area contributed by atoms with Gasteiger partial charge in [0.2, 0.25) is 0 Å². The number of ether oxygens (including phenoxy) is 1. The molecule has 1 N–H and O–H groups in total. The fourth-order valence-electron chi connectivity index (χ4n) is 4.80. The van der Waals surface area contributed by atoms with Crippen molar-refractivity contribution in [1.82, 2.24) is 9.88 Å². The molecular weight excluding hydrogens is 328 g/mol. The average Bonchev–Trinajstić information content (AvgIpc) is 2.75. The molecule has 1 aromatic heterocycles. The summed E-state index contributed by atoms with van der Waals surface area (Å²) in [6.45, 7) is 15.2. The monoisotopic (exact) mass is 362 g/mol. The second-order valence-corrected chi connectivity index (χ2v) is 8.48. The van der Waals surface area contributed by atoms with Crippen LogP contribution < -0.4 is 5.32 Å². The average molecular weight is 363 g/mol. The lowest BCUT2D eigenvalue weighted by Crippen LogP contribution is -2.43. The third-order valence-electron chi connectivity index (χ3n) is 5.50. The first-order valence-corrected chi connectivity index (χ1v) is 9.78. The molecule has 1 aliphatic carbocycles. The molecule has 0 radical (unpaired) electrons. The minimum absolute atomic E-state index is 0.0763. The molecule has 5 nitrogen and oxygen atoms in total. The Morgan fingerprint density at radius 1 is 1.23 bits per heavy atom. The number of carbonyl (C=O) groups excluding carboxylic acids is 2. The maximum atomic E-state index is 13.1. The minimum Gasteiger partial charge on any atom is -0.461 e. The van der Waals surface area contributed by atoms with E-state index in [1.807, 2.05) is 25.3 Å². The zero-order valence-corrected chi connectivity index (χ0v) is 17.4. The molecule has 5 heteroatoms. The van der Waals surface area contributed by atoms with Gasteiger partial charge in [0.05, 0.1) is 12.2 Å². The summed E-state index contributed by atoms with van der Waals surface area (Å²) >= 11 is 0. The third-order valence-corrected chi connectivity index (χ3v) is 5.50. The van der Waals surface area contributed by atoms with Gasteiger partial charge in [0, 0.05) is 18.3 Å². The second kappa shape index (κ2) is 7.85. The van der Waals surface area contributed by atoms with Crippen molar-refractivity contribution < 1.29 is 14.3 Å². The molecule has 0 aliphatic heterocycles. The van der Waals surface area contributed by atoms with Gasteiger partial charge in [-0.2, -0.15) is 0 Å². The molecule has 1 aromatic rings. The van der Waals surface area contributed by atoms with E-state index < -0.39 is 0 Å². The van der Waals surface area contributed by atoms with E-state index in [0.29, 0.717) is 35.9 Å². The normalized spacial score (nSPS) is 22.1. The fraction of sp³-hybridized carbons (Fsp3) is 0.714. The van der Waals surface area contributed by atoms with Gasteiger partial charge >= 0.3 is 5.97 Å². The number of nitrogens with one attached hydrogen (secondary N) is 1. The van der Waals surface area contributed by atoms with Crippen LogP contribution in [0, 0.1) is 25.2 Å². The van der Waals surface area contributed by atoms with Crippen molar-refractivity contribution in [2.45, 2.75) is 80.3 Å². The van der Waals surface area contributed by atoms with Gasteiger partial charge in [-0.1, -0.05) is 20.8 Å². The van der Waals surface area contributed by atoms with E-state index in [1.54, 1.807) is 6.92 Å². The zero-order chi connectivity index (χ0) is 19.6. The molecule has 0 saturated heterocycles. The number of hydrogen-bond acceptors (Lipinski definition) is 3. The van der Waals surface area contributed by atoms with E-state index in [-0.39, 0.29) is 23.3 Å². The Balaban J connectivity index is 2.30. The molecule has 1 amide bonds. The van der Waals surface area contributed by atoms with Crippen LogP contribution in [0.25, 0.3) is 0 Å². The van der Waals surface area contributed by atoms with Gasteiger partial charge in [-0.15, -0.1) is 0 Å². The van der Waals surface area contributed by atoms with Gasteiger partial charge in [0.15, 0.2) is 0 Å². The number of rotatable bonds is 5. The van der Waals surface area contributed by atoms with Crippen LogP contribution in [0.15, 0.2) is 0 Å². The minimum atomic E-state index is -0.360. The molecule has 0 aromatic carbocycles. The predicted molar refractivity (Wildman–Crippen MR) is 104 cm³/mol. The highest BCUT2D eigenvalue weighted by molar-refractivity contribution is 6.01. The van der Waals surface area contributed by atoms with Gasteiger partial charge in [-0.25, -0.2) is 4.79 Å². The van der Waals surface area contributed by atoms with Crippen LogP contribution in [0.2, 0.25) is 0 Å². The van der Waals surface area contributed by atoms with Crippen molar-refractivity contribution in [3.05, 3.63) is 22.5 Å². The first-order valence-electron chi connectivity index (χ1n) is 9.78. The maximum Gasteiger partial charge on any atom is 0.355 e. The summed E-state index contributed by atoms with van der Waals surface area (Å²) in [6, 6.07) is 0.177. The van der Waals surface area contributed by atoms with Gasteiger partial charge in [0.25, 0.3) is 5.91 Å². The number of nitrogens with zero attached hydrogens (tertiary/aromatic N) is 1. The van der Waals surface area contributed by atoms with Crippen molar-refractivity contribution in [2.24, 2.45) is 11.3 Å². The molecule has 1 saturated carbocycles. The van der Waals surface area contributed by atoms with Gasteiger partial charge in [0.1, 0.15) is 5.69 Å². The summed E-state index contributed by atoms with van der Waals surface area (Å²) in [7, 11) is 0.